The number of hydrogen-bond donors (Lipinski definition) is 0. The summed E-state index contributed by atoms with van der Waals surface area (Å²) in [6.07, 6.45) is 0.682. The highest BCUT2D eigenvalue weighted by molar-refractivity contribution is 7.89. The van der Waals surface area contributed by atoms with Crippen LogP contribution < -0.4 is 0 Å². The van der Waals surface area contributed by atoms with E-state index in [4.69, 9.17) is 4.42 Å². The number of nitro benzene ring substituents is 1. The second kappa shape index (κ2) is 7.72. The first-order valence-corrected chi connectivity index (χ1v) is 10.3. The summed E-state index contributed by atoms with van der Waals surface area (Å²) in [5.74, 6) is 0.677. The van der Waals surface area contributed by atoms with Crippen molar-refractivity contribution in [3.8, 4) is 0 Å². The van der Waals surface area contributed by atoms with E-state index in [0.29, 0.717) is 17.7 Å². The fourth-order valence-electron chi connectivity index (χ4n) is 3.09. The largest absolute Gasteiger partial charge is 0.456 e. The van der Waals surface area contributed by atoms with E-state index in [9.17, 15) is 23.3 Å². The molecule has 1 fully saturated rings. The number of aryl methyl sites for hydroxylation is 2. The summed E-state index contributed by atoms with van der Waals surface area (Å²) in [6, 6.07) is 7.15. The Hall–Kier alpha value is -2.72. The van der Waals surface area contributed by atoms with Crippen molar-refractivity contribution in [2.75, 3.05) is 26.2 Å². The Bertz CT molecular complexity index is 1010. The molecule has 1 aliphatic heterocycles. The van der Waals surface area contributed by atoms with Crippen LogP contribution in [0.3, 0.4) is 0 Å². The third-order valence-corrected chi connectivity index (χ3v) is 6.79. The van der Waals surface area contributed by atoms with Crippen molar-refractivity contribution in [1.29, 1.82) is 0 Å². The molecule has 2 aromatic rings. The van der Waals surface area contributed by atoms with Gasteiger partial charge in [0.1, 0.15) is 5.76 Å². The molecule has 1 amide bonds. The van der Waals surface area contributed by atoms with Crippen LogP contribution in [0.4, 0.5) is 5.69 Å². The zero-order chi connectivity index (χ0) is 20.5. The molecule has 2 heterocycles. The Morgan fingerprint density at radius 2 is 1.86 bits per heavy atom. The summed E-state index contributed by atoms with van der Waals surface area (Å²) in [6.45, 7) is 4.17. The van der Waals surface area contributed by atoms with Crippen LogP contribution in [0, 0.1) is 17.0 Å². The molecule has 0 atom stereocenters. The van der Waals surface area contributed by atoms with Crippen LogP contribution in [0.15, 0.2) is 39.6 Å². The first kappa shape index (κ1) is 20.0. The number of nitro groups is 1. The molecule has 0 N–H and O–H groups in total. The van der Waals surface area contributed by atoms with E-state index in [1.165, 1.54) is 16.4 Å². The molecular weight excluding hydrogens is 386 g/mol. The van der Waals surface area contributed by atoms with E-state index in [1.807, 2.05) is 6.92 Å². The van der Waals surface area contributed by atoms with E-state index >= 15 is 0 Å². The van der Waals surface area contributed by atoms with Crippen molar-refractivity contribution < 1.29 is 22.6 Å². The van der Waals surface area contributed by atoms with Gasteiger partial charge < -0.3 is 9.32 Å². The van der Waals surface area contributed by atoms with E-state index in [0.717, 1.165) is 6.07 Å². The van der Waals surface area contributed by atoms with Gasteiger partial charge in [0.2, 0.25) is 10.0 Å². The maximum Gasteiger partial charge on any atom is 0.289 e. The summed E-state index contributed by atoms with van der Waals surface area (Å²) in [4.78, 5) is 24.3. The lowest BCUT2D eigenvalue weighted by atomic mass is 10.2. The molecule has 9 nitrogen and oxygen atoms in total. The van der Waals surface area contributed by atoms with Gasteiger partial charge in [-0.05, 0) is 24.6 Å². The van der Waals surface area contributed by atoms with Crippen molar-refractivity contribution in [3.05, 3.63) is 57.5 Å². The predicted molar refractivity (Wildman–Crippen MR) is 101 cm³/mol. The van der Waals surface area contributed by atoms with Gasteiger partial charge in [-0.2, -0.15) is 4.31 Å². The van der Waals surface area contributed by atoms with Gasteiger partial charge in [0.25, 0.3) is 11.6 Å². The summed E-state index contributed by atoms with van der Waals surface area (Å²) in [5, 5.41) is 11.0. The quantitative estimate of drug-likeness (QED) is 0.554. The van der Waals surface area contributed by atoms with Gasteiger partial charge in [-0.25, -0.2) is 8.42 Å². The highest BCUT2D eigenvalue weighted by Gasteiger charge is 2.32. The number of carbonyl (C=O) groups is 1. The average Bonchev–Trinajstić information content (AvgIpc) is 3.16. The monoisotopic (exact) mass is 407 g/mol. The number of hydrogen-bond acceptors (Lipinski definition) is 6. The first-order chi connectivity index (χ1) is 13.2. The van der Waals surface area contributed by atoms with Crippen molar-refractivity contribution in [1.82, 2.24) is 9.21 Å². The van der Waals surface area contributed by atoms with Crippen LogP contribution in [0.25, 0.3) is 0 Å². The number of rotatable bonds is 5. The minimum atomic E-state index is -3.89. The van der Waals surface area contributed by atoms with Gasteiger partial charge >= 0.3 is 0 Å². The van der Waals surface area contributed by atoms with E-state index in [1.54, 1.807) is 24.0 Å². The van der Waals surface area contributed by atoms with Gasteiger partial charge in [-0.15, -0.1) is 0 Å². The van der Waals surface area contributed by atoms with Crippen molar-refractivity contribution in [2.45, 2.75) is 25.2 Å². The van der Waals surface area contributed by atoms with E-state index in [-0.39, 0.29) is 48.4 Å². The molecule has 10 heteroatoms. The van der Waals surface area contributed by atoms with Gasteiger partial charge in [0, 0.05) is 44.7 Å². The molecule has 0 aliphatic carbocycles. The second-order valence-corrected chi connectivity index (χ2v) is 8.43. The minimum Gasteiger partial charge on any atom is -0.456 e. The van der Waals surface area contributed by atoms with E-state index in [2.05, 4.69) is 0 Å². The highest BCUT2D eigenvalue weighted by atomic mass is 32.2. The Kier molecular flexibility index (Phi) is 5.52. The molecule has 1 saturated heterocycles. The van der Waals surface area contributed by atoms with Gasteiger partial charge in [-0.3, -0.25) is 14.9 Å². The Labute approximate surface area is 162 Å². The molecule has 0 unspecified atom stereocenters. The molecule has 1 aliphatic rings. The van der Waals surface area contributed by atoms with Gasteiger partial charge in [0.15, 0.2) is 5.76 Å². The topological polar surface area (TPSA) is 114 Å². The van der Waals surface area contributed by atoms with Crippen LogP contribution in [-0.4, -0.2) is 54.6 Å². The zero-order valence-electron chi connectivity index (χ0n) is 15.6. The number of sulfonamides is 1. The summed E-state index contributed by atoms with van der Waals surface area (Å²) in [7, 11) is -3.89. The fourth-order valence-corrected chi connectivity index (χ4v) is 4.76. The molecule has 150 valence electrons. The van der Waals surface area contributed by atoms with Crippen LogP contribution in [0.5, 0.6) is 0 Å². The number of benzene rings is 1. The molecular formula is C18H21N3O6S. The van der Waals surface area contributed by atoms with Crippen LogP contribution in [0.1, 0.15) is 28.8 Å². The van der Waals surface area contributed by atoms with Crippen molar-refractivity contribution in [3.63, 3.8) is 0 Å². The van der Waals surface area contributed by atoms with Gasteiger partial charge in [0.05, 0.1) is 9.82 Å². The maximum atomic E-state index is 13.0. The third kappa shape index (κ3) is 3.78. The number of non-ortho nitro benzene ring substituents is 1. The number of nitrogens with zero attached hydrogens (tertiary/aromatic N) is 3. The molecule has 0 saturated carbocycles. The Morgan fingerprint density at radius 3 is 2.43 bits per heavy atom. The molecule has 0 bridgehead atoms. The second-order valence-electron chi connectivity index (χ2n) is 6.52. The standard InChI is InChI=1S/C18H21N3O6S/c1-3-15-6-7-16(27-15)18(22)19-8-10-20(11-9-19)28(25,26)17-12-14(21(23)24)5-4-13(17)2/h4-7,12H,3,8-11H2,1-2H3. The lowest BCUT2D eigenvalue weighted by molar-refractivity contribution is -0.385. The molecule has 0 spiro atoms. The number of carbonyl (C=O) groups excluding carboxylic acids is 1. The SMILES string of the molecule is CCc1ccc(C(=O)N2CCN(S(=O)(=O)c3cc([N+](=O)[O-])ccc3C)CC2)o1. The van der Waals surface area contributed by atoms with Crippen molar-refractivity contribution in [2.24, 2.45) is 0 Å². The van der Waals surface area contributed by atoms with E-state index < -0.39 is 14.9 Å². The molecule has 1 aromatic heterocycles. The van der Waals surface area contributed by atoms with Crippen molar-refractivity contribution >= 4 is 21.6 Å². The number of piperazine rings is 1. The number of furan rings is 1. The third-order valence-electron chi connectivity index (χ3n) is 4.75. The predicted octanol–water partition coefficient (Wildman–Crippen LogP) is 2.21. The summed E-state index contributed by atoms with van der Waals surface area (Å²) >= 11 is 0. The lowest BCUT2D eigenvalue weighted by Crippen LogP contribution is -2.50. The fraction of sp³-hybridized carbons (Fsp3) is 0.389. The summed E-state index contributed by atoms with van der Waals surface area (Å²) < 4.78 is 32.6. The highest BCUT2D eigenvalue weighted by Crippen LogP contribution is 2.26. The summed E-state index contributed by atoms with van der Waals surface area (Å²) in [5.41, 5.74) is 0.161. The zero-order valence-corrected chi connectivity index (χ0v) is 16.4. The Balaban J connectivity index is 1.74. The van der Waals surface area contributed by atoms with Gasteiger partial charge in [-0.1, -0.05) is 13.0 Å². The maximum absolute atomic E-state index is 13.0. The molecule has 3 rings (SSSR count). The lowest BCUT2D eigenvalue weighted by Gasteiger charge is -2.33. The van der Waals surface area contributed by atoms with Crippen LogP contribution >= 0.6 is 0 Å². The van der Waals surface area contributed by atoms with Crippen LogP contribution in [-0.2, 0) is 16.4 Å². The number of amides is 1. The first-order valence-electron chi connectivity index (χ1n) is 8.87. The molecule has 0 radical (unpaired) electrons. The normalized spacial score (nSPS) is 15.6. The molecule has 28 heavy (non-hydrogen) atoms. The minimum absolute atomic E-state index is 0.0832. The smallest absolute Gasteiger partial charge is 0.289 e. The van der Waals surface area contributed by atoms with Crippen LogP contribution in [0.2, 0.25) is 0 Å². The Morgan fingerprint density at radius 1 is 1.18 bits per heavy atom. The molecule has 1 aromatic carbocycles. The average molecular weight is 407 g/mol.